The average Bonchev–Trinajstić information content (AvgIpc) is 2.98. The Morgan fingerprint density at radius 2 is 1.96 bits per heavy atom. The monoisotopic (exact) mass is 356 g/mol. The first kappa shape index (κ1) is 18.2. The third kappa shape index (κ3) is 4.71. The van der Waals surface area contributed by atoms with E-state index in [2.05, 4.69) is 16.7 Å². The van der Waals surface area contributed by atoms with Crippen LogP contribution in [0.4, 0.5) is 0 Å². The molecular weight excluding hydrogens is 332 g/mol. The highest BCUT2D eigenvalue weighted by molar-refractivity contribution is 5.88. The fraction of sp³-hybridized carbons (Fsp3) is 0.450. The molecule has 1 heterocycles. The molecule has 0 bridgehead atoms. The molecule has 6 heteroatoms. The second-order valence-electron chi connectivity index (χ2n) is 7.49. The Labute approximate surface area is 153 Å². The lowest BCUT2D eigenvalue weighted by Gasteiger charge is -2.26. The minimum absolute atomic E-state index is 0.158. The molecule has 0 spiro atoms. The second kappa shape index (κ2) is 7.32. The number of esters is 1. The largest absolute Gasteiger partial charge is 0.490 e. The molecule has 0 saturated heterocycles. The highest BCUT2D eigenvalue weighted by Crippen LogP contribution is 2.27. The maximum atomic E-state index is 12.0. The van der Waals surface area contributed by atoms with Crippen LogP contribution in [-0.2, 0) is 16.0 Å². The summed E-state index contributed by atoms with van der Waals surface area (Å²) in [6.07, 6.45) is 3.99. The Hall–Kier alpha value is -2.63. The molecule has 3 rings (SSSR count). The van der Waals surface area contributed by atoms with Crippen LogP contribution in [0.15, 0.2) is 40.9 Å². The van der Waals surface area contributed by atoms with Crippen LogP contribution >= 0.6 is 0 Å². The number of rotatable bonds is 6. The number of aromatic nitrogens is 2. The zero-order valence-electron chi connectivity index (χ0n) is 15.4. The number of carbonyl (C=O) groups is 1. The van der Waals surface area contributed by atoms with Crippen molar-refractivity contribution in [1.29, 1.82) is 0 Å². The van der Waals surface area contributed by atoms with Gasteiger partial charge in [0.2, 0.25) is 11.7 Å². The van der Waals surface area contributed by atoms with Crippen molar-refractivity contribution in [2.75, 3.05) is 0 Å². The van der Waals surface area contributed by atoms with Gasteiger partial charge in [-0.1, -0.05) is 11.7 Å². The van der Waals surface area contributed by atoms with E-state index in [4.69, 9.17) is 14.0 Å². The Morgan fingerprint density at radius 1 is 1.27 bits per heavy atom. The molecule has 138 valence electrons. The number of nitrogens with zero attached hydrogens (tertiary/aromatic N) is 2. The third-order valence-electron chi connectivity index (χ3n) is 3.99. The Morgan fingerprint density at radius 3 is 2.54 bits per heavy atom. The maximum Gasteiger partial charge on any atom is 0.334 e. The summed E-state index contributed by atoms with van der Waals surface area (Å²) in [5, 5.41) is 3.97. The van der Waals surface area contributed by atoms with Crippen molar-refractivity contribution in [1.82, 2.24) is 10.1 Å². The van der Waals surface area contributed by atoms with Crippen molar-refractivity contribution in [3.05, 3.63) is 42.3 Å². The summed E-state index contributed by atoms with van der Waals surface area (Å²) in [7, 11) is 0. The van der Waals surface area contributed by atoms with Gasteiger partial charge >= 0.3 is 5.97 Å². The van der Waals surface area contributed by atoms with E-state index >= 15 is 0 Å². The van der Waals surface area contributed by atoms with E-state index in [1.807, 2.05) is 24.3 Å². The first-order valence-electron chi connectivity index (χ1n) is 8.81. The van der Waals surface area contributed by atoms with Crippen molar-refractivity contribution in [2.45, 2.75) is 58.2 Å². The molecule has 0 unspecified atom stereocenters. The van der Waals surface area contributed by atoms with E-state index < -0.39 is 11.6 Å². The van der Waals surface area contributed by atoms with Gasteiger partial charge in [-0.15, -0.1) is 0 Å². The number of benzene rings is 1. The van der Waals surface area contributed by atoms with Crippen LogP contribution in [-0.4, -0.2) is 27.8 Å². The topological polar surface area (TPSA) is 74.5 Å². The standard InChI is InChI=1S/C20H24N2O4/c1-13(19(23)25-20(2,3)4)12-17-21-18(22-26-17)14-8-10-16(11-9-14)24-15-6-5-7-15/h8-11,15H,1,5-7,12H2,2-4H3. The highest BCUT2D eigenvalue weighted by Gasteiger charge is 2.21. The zero-order valence-corrected chi connectivity index (χ0v) is 15.4. The van der Waals surface area contributed by atoms with Gasteiger partial charge in [-0.25, -0.2) is 4.79 Å². The molecule has 0 aliphatic heterocycles. The van der Waals surface area contributed by atoms with Gasteiger partial charge < -0.3 is 14.0 Å². The average molecular weight is 356 g/mol. The van der Waals surface area contributed by atoms with Crippen LogP contribution in [0.3, 0.4) is 0 Å². The van der Waals surface area contributed by atoms with Crippen molar-refractivity contribution < 1.29 is 18.8 Å². The lowest BCUT2D eigenvalue weighted by atomic mass is 9.96. The summed E-state index contributed by atoms with van der Waals surface area (Å²) in [6.45, 7) is 9.17. The van der Waals surface area contributed by atoms with Gasteiger partial charge in [0.05, 0.1) is 12.5 Å². The summed E-state index contributed by atoms with van der Waals surface area (Å²) in [4.78, 5) is 16.3. The Kier molecular flexibility index (Phi) is 5.11. The molecule has 2 aromatic rings. The summed E-state index contributed by atoms with van der Waals surface area (Å²) in [5.74, 6) is 1.17. The van der Waals surface area contributed by atoms with Crippen LogP contribution in [0.1, 0.15) is 45.9 Å². The predicted octanol–water partition coefficient (Wildman–Crippen LogP) is 4.11. The second-order valence-corrected chi connectivity index (χ2v) is 7.49. The summed E-state index contributed by atoms with van der Waals surface area (Å²) in [5.41, 5.74) is 0.534. The van der Waals surface area contributed by atoms with Crippen molar-refractivity contribution in [3.63, 3.8) is 0 Å². The highest BCUT2D eigenvalue weighted by atomic mass is 16.6. The van der Waals surface area contributed by atoms with E-state index in [0.29, 0.717) is 17.8 Å². The van der Waals surface area contributed by atoms with Crippen molar-refractivity contribution in [3.8, 4) is 17.1 Å². The molecule has 1 aliphatic carbocycles. The minimum Gasteiger partial charge on any atom is -0.490 e. The molecular formula is C20H24N2O4. The molecule has 1 aliphatic rings. The lowest BCUT2D eigenvalue weighted by molar-refractivity contribution is -0.150. The normalized spacial score (nSPS) is 14.6. The van der Waals surface area contributed by atoms with Crippen molar-refractivity contribution >= 4 is 5.97 Å². The van der Waals surface area contributed by atoms with E-state index in [0.717, 1.165) is 24.2 Å². The van der Waals surface area contributed by atoms with Crippen LogP contribution < -0.4 is 4.74 Å². The third-order valence-corrected chi connectivity index (χ3v) is 3.99. The zero-order chi connectivity index (χ0) is 18.7. The smallest absolute Gasteiger partial charge is 0.334 e. The number of ether oxygens (including phenoxy) is 2. The van der Waals surface area contributed by atoms with Gasteiger partial charge in [0.15, 0.2) is 0 Å². The van der Waals surface area contributed by atoms with Crippen LogP contribution in [0.25, 0.3) is 11.4 Å². The fourth-order valence-electron chi connectivity index (χ4n) is 2.41. The van der Waals surface area contributed by atoms with Gasteiger partial charge in [-0.2, -0.15) is 4.98 Å². The Bertz CT molecular complexity index is 783. The van der Waals surface area contributed by atoms with Crippen LogP contribution in [0.5, 0.6) is 5.75 Å². The van der Waals surface area contributed by atoms with E-state index in [1.165, 1.54) is 6.42 Å². The summed E-state index contributed by atoms with van der Waals surface area (Å²) < 4.78 is 16.3. The molecule has 1 fully saturated rings. The van der Waals surface area contributed by atoms with Crippen molar-refractivity contribution in [2.24, 2.45) is 0 Å². The summed E-state index contributed by atoms with van der Waals surface area (Å²) >= 11 is 0. The molecule has 0 N–H and O–H groups in total. The summed E-state index contributed by atoms with van der Waals surface area (Å²) in [6, 6.07) is 7.60. The van der Waals surface area contributed by atoms with Gasteiger partial charge in [0, 0.05) is 11.1 Å². The maximum absolute atomic E-state index is 12.0. The number of carbonyl (C=O) groups excluding carboxylic acids is 1. The van der Waals surface area contributed by atoms with Gasteiger partial charge in [-0.3, -0.25) is 0 Å². The minimum atomic E-state index is -0.566. The fourth-order valence-corrected chi connectivity index (χ4v) is 2.41. The first-order valence-corrected chi connectivity index (χ1v) is 8.81. The van der Waals surface area contributed by atoms with Crippen LogP contribution in [0.2, 0.25) is 0 Å². The molecule has 1 saturated carbocycles. The molecule has 6 nitrogen and oxygen atoms in total. The predicted molar refractivity (Wildman–Crippen MR) is 96.7 cm³/mol. The van der Waals surface area contributed by atoms with Gasteiger partial charge in [0.25, 0.3) is 0 Å². The molecule has 1 aromatic carbocycles. The lowest BCUT2D eigenvalue weighted by Crippen LogP contribution is -2.25. The van der Waals surface area contributed by atoms with E-state index in [-0.39, 0.29) is 12.0 Å². The SMILES string of the molecule is C=C(Cc1nc(-c2ccc(OC3CCC3)cc2)no1)C(=O)OC(C)(C)C. The molecule has 0 atom stereocenters. The Balaban J connectivity index is 1.60. The van der Waals surface area contributed by atoms with E-state index in [1.54, 1.807) is 20.8 Å². The van der Waals surface area contributed by atoms with Gasteiger partial charge in [0.1, 0.15) is 11.4 Å². The van der Waals surface area contributed by atoms with E-state index in [9.17, 15) is 4.79 Å². The van der Waals surface area contributed by atoms with Crippen LogP contribution in [0, 0.1) is 0 Å². The number of hydrogen-bond acceptors (Lipinski definition) is 6. The quantitative estimate of drug-likeness (QED) is 0.573. The molecule has 0 amide bonds. The number of hydrogen-bond donors (Lipinski definition) is 0. The molecule has 26 heavy (non-hydrogen) atoms. The van der Waals surface area contributed by atoms with Gasteiger partial charge in [-0.05, 0) is 64.3 Å². The first-order chi connectivity index (χ1) is 12.3. The molecule has 0 radical (unpaired) electrons. The molecule has 1 aromatic heterocycles.